The summed E-state index contributed by atoms with van der Waals surface area (Å²) in [6.07, 6.45) is 4.17. The predicted octanol–water partition coefficient (Wildman–Crippen LogP) is 4.50. The Morgan fingerprint density at radius 3 is 2.52 bits per heavy atom. The number of amides is 1. The van der Waals surface area contributed by atoms with Gasteiger partial charge in [0.25, 0.3) is 0 Å². The fraction of sp³-hybridized carbons (Fsp3) is 0.400. The summed E-state index contributed by atoms with van der Waals surface area (Å²) in [5.74, 6) is 0.335. The van der Waals surface area contributed by atoms with Gasteiger partial charge in [0, 0.05) is 42.7 Å². The molecule has 0 aliphatic carbocycles. The normalized spacial score (nSPS) is 15.7. The minimum absolute atomic E-state index is 0.133. The molecule has 0 saturated carbocycles. The summed E-state index contributed by atoms with van der Waals surface area (Å²) >= 11 is 0. The van der Waals surface area contributed by atoms with Crippen LogP contribution in [0.15, 0.2) is 54.7 Å². The van der Waals surface area contributed by atoms with Crippen LogP contribution in [0.1, 0.15) is 36.5 Å². The van der Waals surface area contributed by atoms with Crippen molar-refractivity contribution in [3.8, 4) is 0 Å². The number of rotatable bonds is 6. The van der Waals surface area contributed by atoms with Crippen molar-refractivity contribution in [2.45, 2.75) is 46.3 Å². The van der Waals surface area contributed by atoms with E-state index in [1.165, 1.54) is 22.0 Å². The second-order valence-corrected chi connectivity index (χ2v) is 8.21. The van der Waals surface area contributed by atoms with Gasteiger partial charge in [0.05, 0.1) is 0 Å². The van der Waals surface area contributed by atoms with E-state index in [1.54, 1.807) is 0 Å². The first-order valence-electron chi connectivity index (χ1n) is 10.8. The molecule has 3 aromatic rings. The summed E-state index contributed by atoms with van der Waals surface area (Å²) in [6, 6.07) is 17.0. The molecule has 1 fully saturated rings. The van der Waals surface area contributed by atoms with E-state index in [0.29, 0.717) is 6.54 Å². The number of piperidine rings is 1. The average molecular weight is 390 g/mol. The van der Waals surface area contributed by atoms with Crippen molar-refractivity contribution in [1.82, 2.24) is 14.8 Å². The van der Waals surface area contributed by atoms with Gasteiger partial charge in [-0.25, -0.2) is 0 Å². The van der Waals surface area contributed by atoms with Gasteiger partial charge < -0.3 is 9.88 Å². The van der Waals surface area contributed by atoms with Gasteiger partial charge in [-0.15, -0.1) is 0 Å². The molecule has 1 N–H and O–H groups in total. The van der Waals surface area contributed by atoms with Crippen molar-refractivity contribution >= 4 is 16.8 Å². The fourth-order valence-electron chi connectivity index (χ4n) is 4.34. The Labute approximate surface area is 173 Å². The minimum atomic E-state index is 0.133. The van der Waals surface area contributed by atoms with Crippen molar-refractivity contribution < 1.29 is 4.79 Å². The second kappa shape index (κ2) is 8.83. The maximum absolute atomic E-state index is 12.6. The molecule has 1 aliphatic rings. The first kappa shape index (κ1) is 19.7. The molecule has 152 valence electrons. The Balaban J connectivity index is 1.30. The summed E-state index contributed by atoms with van der Waals surface area (Å²) in [5, 5.41) is 4.48. The van der Waals surface area contributed by atoms with E-state index in [4.69, 9.17) is 0 Å². The van der Waals surface area contributed by atoms with E-state index in [0.717, 1.165) is 44.6 Å². The van der Waals surface area contributed by atoms with Crippen molar-refractivity contribution in [3.63, 3.8) is 0 Å². The standard InChI is InChI=1S/C25H31N3O/c1-3-28-18-22(23-6-4-5-7-24(23)28)17-27-14-12-21(13-15-27)25(29)26-16-20-10-8-19(2)9-11-20/h4-11,18,21H,3,12-17H2,1-2H3,(H,26,29). The fourth-order valence-corrected chi connectivity index (χ4v) is 4.34. The van der Waals surface area contributed by atoms with Crippen molar-refractivity contribution in [1.29, 1.82) is 0 Å². The van der Waals surface area contributed by atoms with Crippen LogP contribution < -0.4 is 5.32 Å². The van der Waals surface area contributed by atoms with Crippen LogP contribution in [0.5, 0.6) is 0 Å². The highest BCUT2D eigenvalue weighted by Crippen LogP contribution is 2.25. The Kier molecular flexibility index (Phi) is 6.00. The molecule has 1 aromatic heterocycles. The van der Waals surface area contributed by atoms with Gasteiger partial charge in [0.1, 0.15) is 0 Å². The van der Waals surface area contributed by atoms with Gasteiger partial charge in [-0.1, -0.05) is 48.0 Å². The number of aromatic nitrogens is 1. The first-order valence-corrected chi connectivity index (χ1v) is 10.8. The molecule has 0 unspecified atom stereocenters. The summed E-state index contributed by atoms with van der Waals surface area (Å²) in [6.45, 7) is 8.81. The zero-order valence-electron chi connectivity index (χ0n) is 17.5. The van der Waals surface area contributed by atoms with Crippen molar-refractivity contribution in [2.75, 3.05) is 13.1 Å². The van der Waals surface area contributed by atoms with Crippen LogP contribution in [-0.2, 0) is 24.4 Å². The van der Waals surface area contributed by atoms with Crippen LogP contribution in [0.3, 0.4) is 0 Å². The molecule has 0 bridgehead atoms. The van der Waals surface area contributed by atoms with Crippen LogP contribution in [0.25, 0.3) is 10.9 Å². The Morgan fingerprint density at radius 2 is 1.79 bits per heavy atom. The smallest absolute Gasteiger partial charge is 0.223 e. The lowest BCUT2D eigenvalue weighted by molar-refractivity contribution is -0.126. The molecule has 29 heavy (non-hydrogen) atoms. The highest BCUT2D eigenvalue weighted by molar-refractivity contribution is 5.84. The van der Waals surface area contributed by atoms with Gasteiger partial charge in [-0.3, -0.25) is 9.69 Å². The topological polar surface area (TPSA) is 37.3 Å². The third kappa shape index (κ3) is 4.54. The molecule has 0 radical (unpaired) electrons. The molecule has 0 spiro atoms. The van der Waals surface area contributed by atoms with Crippen LogP contribution in [-0.4, -0.2) is 28.5 Å². The van der Waals surface area contributed by atoms with Crippen LogP contribution in [0.4, 0.5) is 0 Å². The molecule has 1 saturated heterocycles. The zero-order valence-corrected chi connectivity index (χ0v) is 17.5. The molecule has 4 heteroatoms. The molecule has 4 nitrogen and oxygen atoms in total. The minimum Gasteiger partial charge on any atom is -0.352 e. The van der Waals surface area contributed by atoms with Crippen LogP contribution in [0.2, 0.25) is 0 Å². The highest BCUT2D eigenvalue weighted by Gasteiger charge is 2.25. The number of hydrogen-bond donors (Lipinski definition) is 1. The Morgan fingerprint density at radius 1 is 1.07 bits per heavy atom. The average Bonchev–Trinajstić information content (AvgIpc) is 3.11. The SMILES string of the molecule is CCn1cc(CN2CCC(C(=O)NCc3ccc(C)cc3)CC2)c2ccccc21. The van der Waals surface area contributed by atoms with E-state index in [9.17, 15) is 4.79 Å². The summed E-state index contributed by atoms with van der Waals surface area (Å²) in [7, 11) is 0. The van der Waals surface area contributed by atoms with Gasteiger partial charge in [-0.2, -0.15) is 0 Å². The molecule has 4 rings (SSSR count). The Hall–Kier alpha value is -2.59. The van der Waals surface area contributed by atoms with Gasteiger partial charge >= 0.3 is 0 Å². The number of likely N-dealkylation sites (tertiary alicyclic amines) is 1. The van der Waals surface area contributed by atoms with Gasteiger partial charge in [0.15, 0.2) is 0 Å². The lowest BCUT2D eigenvalue weighted by Gasteiger charge is -2.31. The number of fused-ring (bicyclic) bond motifs is 1. The lowest BCUT2D eigenvalue weighted by Crippen LogP contribution is -2.40. The number of hydrogen-bond acceptors (Lipinski definition) is 2. The van der Waals surface area contributed by atoms with E-state index in [1.807, 2.05) is 0 Å². The third-order valence-electron chi connectivity index (χ3n) is 6.15. The molecule has 1 amide bonds. The lowest BCUT2D eigenvalue weighted by atomic mass is 9.95. The highest BCUT2D eigenvalue weighted by atomic mass is 16.1. The number of nitrogens with zero attached hydrogens (tertiary/aromatic N) is 2. The van der Waals surface area contributed by atoms with E-state index >= 15 is 0 Å². The first-order chi connectivity index (χ1) is 14.1. The quantitative estimate of drug-likeness (QED) is 0.674. The Bertz CT molecular complexity index is 965. The number of nitrogens with one attached hydrogen (secondary N) is 1. The third-order valence-corrected chi connectivity index (χ3v) is 6.15. The molecule has 1 aliphatic heterocycles. The van der Waals surface area contributed by atoms with E-state index in [-0.39, 0.29) is 11.8 Å². The van der Waals surface area contributed by atoms with Crippen molar-refractivity contribution in [2.24, 2.45) is 5.92 Å². The second-order valence-electron chi connectivity index (χ2n) is 8.21. The number of carbonyl (C=O) groups excluding carboxylic acids is 1. The van der Waals surface area contributed by atoms with Gasteiger partial charge in [0.2, 0.25) is 5.91 Å². The maximum Gasteiger partial charge on any atom is 0.223 e. The number of para-hydroxylation sites is 1. The van der Waals surface area contributed by atoms with Crippen LogP contribution >= 0.6 is 0 Å². The molecule has 2 heterocycles. The zero-order chi connectivity index (χ0) is 20.2. The molecular formula is C25H31N3O. The van der Waals surface area contributed by atoms with E-state index in [2.05, 4.69) is 83.4 Å². The molecule has 2 aromatic carbocycles. The predicted molar refractivity (Wildman–Crippen MR) is 119 cm³/mol. The number of benzene rings is 2. The largest absolute Gasteiger partial charge is 0.352 e. The summed E-state index contributed by atoms with van der Waals surface area (Å²) in [4.78, 5) is 15.1. The van der Waals surface area contributed by atoms with Crippen molar-refractivity contribution in [3.05, 3.63) is 71.4 Å². The number of aryl methyl sites for hydroxylation is 2. The monoisotopic (exact) mass is 389 g/mol. The summed E-state index contributed by atoms with van der Waals surface area (Å²) in [5.41, 5.74) is 5.11. The summed E-state index contributed by atoms with van der Waals surface area (Å²) < 4.78 is 2.33. The van der Waals surface area contributed by atoms with Crippen LogP contribution in [0, 0.1) is 12.8 Å². The number of carbonyl (C=O) groups is 1. The van der Waals surface area contributed by atoms with Gasteiger partial charge in [-0.05, 0) is 57.0 Å². The molecule has 0 atom stereocenters. The maximum atomic E-state index is 12.6. The van der Waals surface area contributed by atoms with E-state index < -0.39 is 0 Å². The molecular weight excluding hydrogens is 358 g/mol.